The first-order valence-electron chi connectivity index (χ1n) is 5.11. The zero-order chi connectivity index (χ0) is 11.1. The summed E-state index contributed by atoms with van der Waals surface area (Å²) < 4.78 is 0. The van der Waals surface area contributed by atoms with Gasteiger partial charge in [-0.2, -0.15) is 0 Å². The second-order valence-electron chi connectivity index (χ2n) is 4.06. The number of amides is 1. The smallest absolute Gasteiger partial charge is 0.220 e. The van der Waals surface area contributed by atoms with Gasteiger partial charge in [-0.1, -0.05) is 13.8 Å². The summed E-state index contributed by atoms with van der Waals surface area (Å²) in [6.45, 7) is 6.36. The van der Waals surface area contributed by atoms with Crippen molar-refractivity contribution in [3.8, 4) is 0 Å². The van der Waals surface area contributed by atoms with Crippen LogP contribution in [0.3, 0.4) is 0 Å². The Balaban J connectivity index is 3.82. The van der Waals surface area contributed by atoms with Crippen molar-refractivity contribution in [3.05, 3.63) is 0 Å². The highest BCUT2D eigenvalue weighted by Gasteiger charge is 2.14. The molecule has 0 spiro atoms. The lowest BCUT2D eigenvalue weighted by molar-refractivity contribution is -0.122. The highest BCUT2D eigenvalue weighted by atomic mass is 16.3. The molecule has 84 valence electrons. The van der Waals surface area contributed by atoms with E-state index in [1.807, 2.05) is 20.8 Å². The van der Waals surface area contributed by atoms with E-state index in [0.29, 0.717) is 13.0 Å². The third-order valence-electron chi connectivity index (χ3n) is 2.47. The predicted octanol–water partition coefficient (Wildman–Crippen LogP) is 0.104. The van der Waals surface area contributed by atoms with Crippen LogP contribution in [0, 0.1) is 11.8 Å². The van der Waals surface area contributed by atoms with Gasteiger partial charge in [0.15, 0.2) is 0 Å². The molecule has 4 heteroatoms. The summed E-state index contributed by atoms with van der Waals surface area (Å²) in [5.74, 6) is 0.314. The van der Waals surface area contributed by atoms with Gasteiger partial charge in [-0.05, 0) is 25.3 Å². The third kappa shape index (κ3) is 5.19. The van der Waals surface area contributed by atoms with Crippen LogP contribution in [0.1, 0.15) is 27.2 Å². The van der Waals surface area contributed by atoms with Gasteiger partial charge in [-0.25, -0.2) is 0 Å². The Labute approximate surface area is 85.9 Å². The number of hydrogen-bond donors (Lipinski definition) is 3. The molecule has 0 bridgehead atoms. The lowest BCUT2D eigenvalue weighted by atomic mass is 10.0. The Kier molecular flexibility index (Phi) is 6.49. The number of aliphatic hydroxyl groups is 1. The van der Waals surface area contributed by atoms with Crippen LogP contribution in [0.5, 0.6) is 0 Å². The van der Waals surface area contributed by atoms with Gasteiger partial charge in [0, 0.05) is 19.1 Å². The van der Waals surface area contributed by atoms with Crippen molar-refractivity contribution >= 4 is 5.91 Å². The average molecular weight is 202 g/mol. The Morgan fingerprint density at radius 3 is 2.43 bits per heavy atom. The molecule has 0 aromatic rings. The zero-order valence-corrected chi connectivity index (χ0v) is 9.29. The van der Waals surface area contributed by atoms with Gasteiger partial charge >= 0.3 is 0 Å². The molecule has 0 aliphatic carbocycles. The highest BCUT2D eigenvalue weighted by molar-refractivity contribution is 5.76. The number of rotatable bonds is 6. The predicted molar refractivity (Wildman–Crippen MR) is 56.7 cm³/mol. The van der Waals surface area contributed by atoms with Crippen LogP contribution in [0.4, 0.5) is 0 Å². The highest BCUT2D eigenvalue weighted by Crippen LogP contribution is 2.03. The van der Waals surface area contributed by atoms with Crippen LogP contribution in [0.25, 0.3) is 0 Å². The van der Waals surface area contributed by atoms with Gasteiger partial charge in [0.2, 0.25) is 5.91 Å². The van der Waals surface area contributed by atoms with Crippen molar-refractivity contribution in [2.24, 2.45) is 17.6 Å². The SMILES string of the molecule is CC(CN)CC(=O)NC(C)C(C)CO. The van der Waals surface area contributed by atoms with Crippen LogP contribution in [-0.2, 0) is 4.79 Å². The van der Waals surface area contributed by atoms with Gasteiger partial charge in [-0.15, -0.1) is 0 Å². The molecule has 0 aliphatic rings. The molecule has 0 rings (SSSR count). The fourth-order valence-corrected chi connectivity index (χ4v) is 1.01. The van der Waals surface area contributed by atoms with E-state index in [4.69, 9.17) is 10.8 Å². The molecule has 3 unspecified atom stereocenters. The molecule has 0 fully saturated rings. The maximum Gasteiger partial charge on any atom is 0.220 e. The Hall–Kier alpha value is -0.610. The number of carbonyl (C=O) groups is 1. The maximum absolute atomic E-state index is 11.4. The molecule has 14 heavy (non-hydrogen) atoms. The first-order chi connectivity index (χ1) is 6.51. The molecule has 0 radical (unpaired) electrons. The van der Waals surface area contributed by atoms with Crippen molar-refractivity contribution < 1.29 is 9.90 Å². The Bertz CT molecular complexity index is 174. The second kappa shape index (κ2) is 6.79. The summed E-state index contributed by atoms with van der Waals surface area (Å²) in [6, 6.07) is 0.0116. The fourth-order valence-electron chi connectivity index (χ4n) is 1.01. The van der Waals surface area contributed by atoms with Gasteiger partial charge in [0.25, 0.3) is 0 Å². The molecule has 1 amide bonds. The average Bonchev–Trinajstić information content (AvgIpc) is 2.15. The van der Waals surface area contributed by atoms with Crippen LogP contribution < -0.4 is 11.1 Å². The molecular formula is C10H22N2O2. The number of nitrogens with two attached hydrogens (primary N) is 1. The molecule has 3 atom stereocenters. The third-order valence-corrected chi connectivity index (χ3v) is 2.47. The Morgan fingerprint density at radius 2 is 2.00 bits per heavy atom. The first-order valence-corrected chi connectivity index (χ1v) is 5.11. The van der Waals surface area contributed by atoms with Crippen molar-refractivity contribution in [1.29, 1.82) is 0 Å². The van der Waals surface area contributed by atoms with E-state index in [1.165, 1.54) is 0 Å². The second-order valence-corrected chi connectivity index (χ2v) is 4.06. The molecule has 4 N–H and O–H groups in total. The summed E-state index contributed by atoms with van der Waals surface area (Å²) in [6.07, 6.45) is 0.457. The standard InChI is InChI=1S/C10H22N2O2/c1-7(5-11)4-10(14)12-9(3)8(2)6-13/h7-9,13H,4-6,11H2,1-3H3,(H,12,14). The quantitative estimate of drug-likeness (QED) is 0.572. The minimum absolute atomic E-state index is 0.00995. The van der Waals surface area contributed by atoms with Crippen molar-refractivity contribution in [3.63, 3.8) is 0 Å². The van der Waals surface area contributed by atoms with Crippen LogP contribution >= 0.6 is 0 Å². The monoisotopic (exact) mass is 202 g/mol. The molecule has 0 aromatic carbocycles. The van der Waals surface area contributed by atoms with Gasteiger partial charge in [-0.3, -0.25) is 4.79 Å². The lowest BCUT2D eigenvalue weighted by Crippen LogP contribution is -2.39. The Morgan fingerprint density at radius 1 is 1.43 bits per heavy atom. The van der Waals surface area contributed by atoms with Crippen molar-refractivity contribution in [1.82, 2.24) is 5.32 Å². The van der Waals surface area contributed by atoms with Gasteiger partial charge in [0.1, 0.15) is 0 Å². The molecule has 0 saturated carbocycles. The number of nitrogens with one attached hydrogen (secondary N) is 1. The fraction of sp³-hybridized carbons (Fsp3) is 0.900. The van der Waals surface area contributed by atoms with E-state index in [-0.39, 0.29) is 30.4 Å². The van der Waals surface area contributed by atoms with Crippen LogP contribution in [-0.4, -0.2) is 30.2 Å². The molecule has 0 heterocycles. The largest absolute Gasteiger partial charge is 0.396 e. The molecule has 0 aromatic heterocycles. The van der Waals surface area contributed by atoms with E-state index >= 15 is 0 Å². The summed E-state index contributed by atoms with van der Waals surface area (Å²) in [7, 11) is 0. The molecule has 0 aliphatic heterocycles. The van der Waals surface area contributed by atoms with Gasteiger partial charge < -0.3 is 16.2 Å². The molecular weight excluding hydrogens is 180 g/mol. The first kappa shape index (κ1) is 13.4. The zero-order valence-electron chi connectivity index (χ0n) is 9.29. The van der Waals surface area contributed by atoms with E-state index in [1.54, 1.807) is 0 Å². The summed E-state index contributed by atoms with van der Waals surface area (Å²) in [4.78, 5) is 11.4. The summed E-state index contributed by atoms with van der Waals surface area (Å²) in [5, 5.41) is 11.7. The van der Waals surface area contributed by atoms with E-state index in [2.05, 4.69) is 5.32 Å². The summed E-state index contributed by atoms with van der Waals surface area (Å²) >= 11 is 0. The molecule has 4 nitrogen and oxygen atoms in total. The molecule has 0 saturated heterocycles. The minimum atomic E-state index is 0.00995. The number of aliphatic hydroxyl groups excluding tert-OH is 1. The van der Waals surface area contributed by atoms with E-state index < -0.39 is 0 Å². The normalized spacial score (nSPS) is 17.2. The van der Waals surface area contributed by atoms with E-state index in [9.17, 15) is 4.79 Å². The summed E-state index contributed by atoms with van der Waals surface area (Å²) in [5.41, 5.74) is 5.42. The lowest BCUT2D eigenvalue weighted by Gasteiger charge is -2.20. The van der Waals surface area contributed by atoms with Crippen LogP contribution in [0.2, 0.25) is 0 Å². The topological polar surface area (TPSA) is 75.4 Å². The van der Waals surface area contributed by atoms with E-state index in [0.717, 1.165) is 0 Å². The van der Waals surface area contributed by atoms with Gasteiger partial charge in [0.05, 0.1) is 0 Å². The van der Waals surface area contributed by atoms with Crippen molar-refractivity contribution in [2.75, 3.05) is 13.2 Å². The minimum Gasteiger partial charge on any atom is -0.396 e. The van der Waals surface area contributed by atoms with Crippen LogP contribution in [0.15, 0.2) is 0 Å². The number of carbonyl (C=O) groups excluding carboxylic acids is 1. The maximum atomic E-state index is 11.4. The van der Waals surface area contributed by atoms with Crippen molar-refractivity contribution in [2.45, 2.75) is 33.2 Å². The number of hydrogen-bond acceptors (Lipinski definition) is 3.